The van der Waals surface area contributed by atoms with Crippen molar-refractivity contribution in [2.24, 2.45) is 0 Å². The molecule has 0 aliphatic carbocycles. The highest BCUT2D eigenvalue weighted by molar-refractivity contribution is 5.69. The van der Waals surface area contributed by atoms with Gasteiger partial charge in [0.25, 0.3) is 0 Å². The lowest BCUT2D eigenvalue weighted by atomic mass is 10.1. The van der Waals surface area contributed by atoms with E-state index in [1.807, 2.05) is 30.3 Å². The van der Waals surface area contributed by atoms with Crippen LogP contribution in [0.2, 0.25) is 0 Å². The molecule has 4 heteroatoms. The van der Waals surface area contributed by atoms with E-state index in [-0.39, 0.29) is 5.97 Å². The van der Waals surface area contributed by atoms with E-state index in [9.17, 15) is 4.79 Å². The molecular formula is C13H16N2O2. The summed E-state index contributed by atoms with van der Waals surface area (Å²) in [5, 5.41) is 8.31. The van der Waals surface area contributed by atoms with Crippen LogP contribution >= 0.6 is 0 Å². The molecule has 0 bridgehead atoms. The minimum Gasteiger partial charge on any atom is -0.466 e. The van der Waals surface area contributed by atoms with Crippen molar-refractivity contribution in [2.45, 2.75) is 25.7 Å². The first-order valence-corrected chi connectivity index (χ1v) is 5.59. The monoisotopic (exact) mass is 232 g/mol. The molecule has 0 aromatic heterocycles. The number of hydrogen-bond acceptors (Lipinski definition) is 4. The van der Waals surface area contributed by atoms with Gasteiger partial charge in [-0.25, -0.2) is 0 Å². The number of unbranched alkanes of at least 4 members (excludes halogenated alkanes) is 1. The van der Waals surface area contributed by atoms with Crippen LogP contribution in [-0.4, -0.2) is 12.6 Å². The predicted octanol–water partition coefficient (Wildman–Crippen LogP) is 2.05. The second-order valence-electron chi connectivity index (χ2n) is 3.73. The van der Waals surface area contributed by atoms with Gasteiger partial charge in [0.1, 0.15) is 0 Å². The molecule has 0 spiro atoms. The highest BCUT2D eigenvalue weighted by Crippen LogP contribution is 2.09. The molecule has 0 radical (unpaired) electrons. The summed E-state index contributed by atoms with van der Waals surface area (Å²) >= 11 is 0. The molecular weight excluding hydrogens is 216 g/mol. The molecule has 0 saturated heterocycles. The SMILES string of the molecule is N#CCCCOC(=O)CCc1cccc(N)c1. The van der Waals surface area contributed by atoms with Crippen molar-refractivity contribution < 1.29 is 9.53 Å². The lowest BCUT2D eigenvalue weighted by Gasteiger charge is -2.04. The van der Waals surface area contributed by atoms with Gasteiger partial charge in [0.2, 0.25) is 0 Å². The van der Waals surface area contributed by atoms with Crippen LogP contribution in [0.15, 0.2) is 24.3 Å². The van der Waals surface area contributed by atoms with Crippen LogP contribution in [0.5, 0.6) is 0 Å². The average Bonchev–Trinajstić information content (AvgIpc) is 2.32. The Morgan fingerprint density at radius 1 is 1.47 bits per heavy atom. The maximum atomic E-state index is 11.3. The first-order chi connectivity index (χ1) is 8.22. The Morgan fingerprint density at radius 3 is 3.00 bits per heavy atom. The second-order valence-corrected chi connectivity index (χ2v) is 3.73. The van der Waals surface area contributed by atoms with Crippen molar-refractivity contribution in [1.29, 1.82) is 5.26 Å². The van der Waals surface area contributed by atoms with Crippen LogP contribution in [0.1, 0.15) is 24.8 Å². The Bertz CT molecular complexity index is 410. The number of benzene rings is 1. The van der Waals surface area contributed by atoms with E-state index in [4.69, 9.17) is 15.7 Å². The van der Waals surface area contributed by atoms with Crippen molar-refractivity contribution in [3.63, 3.8) is 0 Å². The van der Waals surface area contributed by atoms with Gasteiger partial charge in [-0.05, 0) is 30.5 Å². The van der Waals surface area contributed by atoms with Crippen LogP contribution < -0.4 is 5.73 Å². The number of aryl methyl sites for hydroxylation is 1. The zero-order valence-electron chi connectivity index (χ0n) is 9.69. The second kappa shape index (κ2) is 7.29. The summed E-state index contributed by atoms with van der Waals surface area (Å²) in [7, 11) is 0. The molecule has 4 nitrogen and oxygen atoms in total. The smallest absolute Gasteiger partial charge is 0.306 e. The van der Waals surface area contributed by atoms with Crippen molar-refractivity contribution in [2.75, 3.05) is 12.3 Å². The molecule has 0 atom stereocenters. The lowest BCUT2D eigenvalue weighted by Crippen LogP contribution is -2.07. The zero-order chi connectivity index (χ0) is 12.5. The summed E-state index contributed by atoms with van der Waals surface area (Å²) in [5.74, 6) is -0.231. The van der Waals surface area contributed by atoms with E-state index in [0.717, 1.165) is 5.56 Å². The minimum absolute atomic E-state index is 0.231. The molecule has 0 heterocycles. The van der Waals surface area contributed by atoms with Gasteiger partial charge in [-0.2, -0.15) is 5.26 Å². The molecule has 2 N–H and O–H groups in total. The molecule has 1 aromatic rings. The Hall–Kier alpha value is -2.02. The average molecular weight is 232 g/mol. The molecule has 0 fully saturated rings. The highest BCUT2D eigenvalue weighted by atomic mass is 16.5. The maximum absolute atomic E-state index is 11.3. The zero-order valence-corrected chi connectivity index (χ0v) is 9.69. The first kappa shape index (κ1) is 13.0. The number of anilines is 1. The van der Waals surface area contributed by atoms with Gasteiger partial charge in [-0.15, -0.1) is 0 Å². The van der Waals surface area contributed by atoms with Gasteiger partial charge < -0.3 is 10.5 Å². The molecule has 0 aliphatic rings. The summed E-state index contributed by atoms with van der Waals surface area (Å²) in [6.45, 7) is 0.323. The summed E-state index contributed by atoms with van der Waals surface area (Å²) in [6.07, 6.45) is 1.99. The number of hydrogen-bond donors (Lipinski definition) is 1. The third-order valence-electron chi connectivity index (χ3n) is 2.26. The molecule has 0 unspecified atom stereocenters. The molecule has 17 heavy (non-hydrogen) atoms. The number of carbonyl (C=O) groups excluding carboxylic acids is 1. The lowest BCUT2D eigenvalue weighted by molar-refractivity contribution is -0.143. The van der Waals surface area contributed by atoms with E-state index in [1.54, 1.807) is 0 Å². The third kappa shape index (κ3) is 5.57. The minimum atomic E-state index is -0.231. The van der Waals surface area contributed by atoms with E-state index < -0.39 is 0 Å². The van der Waals surface area contributed by atoms with Crippen molar-refractivity contribution in [1.82, 2.24) is 0 Å². The maximum Gasteiger partial charge on any atom is 0.306 e. The number of nitrogen functional groups attached to an aromatic ring is 1. The number of rotatable bonds is 6. The van der Waals surface area contributed by atoms with E-state index >= 15 is 0 Å². The molecule has 0 aliphatic heterocycles. The Balaban J connectivity index is 2.22. The first-order valence-electron chi connectivity index (χ1n) is 5.59. The quantitative estimate of drug-likeness (QED) is 0.462. The van der Waals surface area contributed by atoms with Crippen molar-refractivity contribution in [3.05, 3.63) is 29.8 Å². The molecule has 1 rings (SSSR count). The number of carbonyl (C=O) groups is 1. The van der Waals surface area contributed by atoms with Gasteiger partial charge in [0.15, 0.2) is 0 Å². The number of nitriles is 1. The van der Waals surface area contributed by atoms with Crippen molar-refractivity contribution in [3.8, 4) is 6.07 Å². The predicted molar refractivity (Wildman–Crippen MR) is 65.0 cm³/mol. The molecule has 90 valence electrons. The largest absolute Gasteiger partial charge is 0.466 e. The Morgan fingerprint density at radius 2 is 2.29 bits per heavy atom. The van der Waals surface area contributed by atoms with E-state index in [2.05, 4.69) is 0 Å². The summed E-state index contributed by atoms with van der Waals surface area (Å²) < 4.78 is 4.97. The fraction of sp³-hybridized carbons (Fsp3) is 0.385. The summed E-state index contributed by atoms with van der Waals surface area (Å²) in [5.41, 5.74) is 7.36. The van der Waals surface area contributed by atoms with Crippen LogP contribution in [-0.2, 0) is 16.0 Å². The van der Waals surface area contributed by atoms with Crippen LogP contribution in [0, 0.1) is 11.3 Å². The van der Waals surface area contributed by atoms with E-state index in [1.165, 1.54) is 0 Å². The number of ether oxygens (including phenoxy) is 1. The van der Waals surface area contributed by atoms with Crippen LogP contribution in [0.3, 0.4) is 0 Å². The fourth-order valence-electron chi connectivity index (χ4n) is 1.40. The Labute approximate surface area is 101 Å². The number of nitrogens with zero attached hydrogens (tertiary/aromatic N) is 1. The van der Waals surface area contributed by atoms with Gasteiger partial charge in [0, 0.05) is 18.5 Å². The summed E-state index contributed by atoms with van der Waals surface area (Å²) in [6, 6.07) is 9.45. The molecule has 0 saturated carbocycles. The topological polar surface area (TPSA) is 76.1 Å². The van der Waals surface area contributed by atoms with Gasteiger partial charge in [0.05, 0.1) is 12.7 Å². The Kier molecular flexibility index (Phi) is 5.59. The van der Waals surface area contributed by atoms with Crippen LogP contribution in [0.25, 0.3) is 0 Å². The highest BCUT2D eigenvalue weighted by Gasteiger charge is 2.03. The molecule has 0 amide bonds. The fourth-order valence-corrected chi connectivity index (χ4v) is 1.40. The van der Waals surface area contributed by atoms with Gasteiger partial charge in [-0.3, -0.25) is 4.79 Å². The van der Waals surface area contributed by atoms with E-state index in [0.29, 0.717) is 38.0 Å². The van der Waals surface area contributed by atoms with Crippen LogP contribution in [0.4, 0.5) is 5.69 Å². The standard InChI is InChI=1S/C13H16N2O2/c14-8-1-2-9-17-13(16)7-6-11-4-3-5-12(15)10-11/h3-5,10H,1-2,6-7,9,15H2. The number of esters is 1. The summed E-state index contributed by atoms with van der Waals surface area (Å²) in [4.78, 5) is 11.3. The third-order valence-corrected chi connectivity index (χ3v) is 2.26. The molecule has 1 aromatic carbocycles. The normalized spacial score (nSPS) is 9.59. The van der Waals surface area contributed by atoms with Gasteiger partial charge >= 0.3 is 5.97 Å². The number of nitrogens with two attached hydrogens (primary N) is 1. The van der Waals surface area contributed by atoms with Crippen molar-refractivity contribution >= 4 is 11.7 Å². The van der Waals surface area contributed by atoms with Gasteiger partial charge in [-0.1, -0.05) is 12.1 Å².